The summed E-state index contributed by atoms with van der Waals surface area (Å²) in [5.41, 5.74) is 0. The molecule has 0 radical (unpaired) electrons. The van der Waals surface area contributed by atoms with Gasteiger partial charge in [-0.1, -0.05) is 25.3 Å². The lowest BCUT2D eigenvalue weighted by atomic mass is 9.95. The summed E-state index contributed by atoms with van der Waals surface area (Å²) in [6.07, 6.45) is 11.8. The maximum absolute atomic E-state index is 11.3. The molecule has 1 aliphatic rings. The summed E-state index contributed by atoms with van der Waals surface area (Å²) < 4.78 is 22.6. The zero-order chi connectivity index (χ0) is 12.0. The van der Waals surface area contributed by atoms with Crippen LogP contribution in [0.2, 0.25) is 0 Å². The average molecular weight is 244 g/mol. The van der Waals surface area contributed by atoms with E-state index in [0.717, 1.165) is 25.7 Å². The molecule has 0 aromatic carbocycles. The molecule has 2 N–H and O–H groups in total. The fraction of sp³-hybridized carbons (Fsp3) is 0.750. The first kappa shape index (κ1) is 13.7. The van der Waals surface area contributed by atoms with E-state index in [0.29, 0.717) is 18.8 Å². The minimum absolute atomic E-state index is 0.348. The van der Waals surface area contributed by atoms with Crippen molar-refractivity contribution in [3.63, 3.8) is 0 Å². The molecule has 4 heteroatoms. The third-order valence-corrected chi connectivity index (χ3v) is 4.65. The van der Waals surface area contributed by atoms with Gasteiger partial charge < -0.3 is 6.42 Å². The van der Waals surface area contributed by atoms with Crippen molar-refractivity contribution in [3.05, 3.63) is 18.6 Å². The van der Waals surface area contributed by atoms with E-state index < -0.39 is 10.0 Å². The molecule has 94 valence electrons. The van der Waals surface area contributed by atoms with Crippen molar-refractivity contribution in [1.29, 1.82) is 0 Å². The maximum Gasteiger partial charge on any atom is 0.211 e. The Morgan fingerprint density at radius 3 is 2.56 bits per heavy atom. The molecule has 0 saturated carbocycles. The van der Waals surface area contributed by atoms with Crippen LogP contribution in [0.1, 0.15) is 45.4 Å². The molecular weight excluding hydrogens is 222 g/mol. The van der Waals surface area contributed by atoms with E-state index in [1.54, 1.807) is 0 Å². The molecule has 2 unspecified atom stereocenters. The predicted molar refractivity (Wildman–Crippen MR) is 67.2 cm³/mol. The Morgan fingerprint density at radius 1 is 1.25 bits per heavy atom. The molecule has 0 aliphatic heterocycles. The summed E-state index contributed by atoms with van der Waals surface area (Å²) in [5, 5.41) is 4.87. The van der Waals surface area contributed by atoms with Crippen LogP contribution in [0.25, 0.3) is 0 Å². The second-order valence-corrected chi connectivity index (χ2v) is 6.34. The van der Waals surface area contributed by atoms with E-state index in [2.05, 4.69) is 25.5 Å². The monoisotopic (exact) mass is 244 g/mol. The molecule has 1 rings (SSSR count). The standard InChI is InChI=1S/C12H22NO2S/c1-2-11-7-3-5-9-12(16(13,14)15)10-6-4-8-11/h2-3,7,11-12H,4-6,8-10H2,1H3,(H2,13,14,15)/q-1. The summed E-state index contributed by atoms with van der Waals surface area (Å²) in [5.74, 6) is 0.547. The van der Waals surface area contributed by atoms with Crippen LogP contribution in [0.5, 0.6) is 0 Å². The van der Waals surface area contributed by atoms with E-state index in [4.69, 9.17) is 5.14 Å². The number of hydrogen-bond acceptors (Lipinski definition) is 2. The van der Waals surface area contributed by atoms with Crippen molar-refractivity contribution in [2.45, 2.75) is 50.7 Å². The highest BCUT2D eigenvalue weighted by Gasteiger charge is 2.20. The van der Waals surface area contributed by atoms with E-state index >= 15 is 0 Å². The minimum Gasteiger partial charge on any atom is -0.325 e. The van der Waals surface area contributed by atoms with Crippen LogP contribution in [0, 0.1) is 12.3 Å². The highest BCUT2D eigenvalue weighted by molar-refractivity contribution is 7.89. The molecular formula is C12H22NO2S-. The van der Waals surface area contributed by atoms with Gasteiger partial charge in [0.05, 0.1) is 5.25 Å². The van der Waals surface area contributed by atoms with E-state index in [1.165, 1.54) is 0 Å². The van der Waals surface area contributed by atoms with E-state index in [9.17, 15) is 8.42 Å². The Kier molecular flexibility index (Phi) is 5.49. The zero-order valence-electron chi connectivity index (χ0n) is 9.93. The number of primary sulfonamides is 1. The quantitative estimate of drug-likeness (QED) is 0.599. The molecule has 0 aromatic rings. The fourth-order valence-corrected chi connectivity index (χ4v) is 3.11. The SMILES string of the molecule is C[CH-]C1C=CCCC(S(N)(=O)=O)CCCC1. The number of rotatable bonds is 2. The molecule has 0 bridgehead atoms. The molecule has 0 saturated heterocycles. The Labute approximate surface area is 99.2 Å². The van der Waals surface area contributed by atoms with Crippen LogP contribution in [0.3, 0.4) is 0 Å². The van der Waals surface area contributed by atoms with Gasteiger partial charge in [0.25, 0.3) is 0 Å². The lowest BCUT2D eigenvalue weighted by molar-refractivity contribution is 0.523. The maximum atomic E-state index is 11.3. The molecule has 0 heterocycles. The van der Waals surface area contributed by atoms with Gasteiger partial charge in [-0.3, -0.25) is 0 Å². The third-order valence-electron chi connectivity index (χ3n) is 3.24. The van der Waals surface area contributed by atoms with Gasteiger partial charge in [-0.15, -0.1) is 12.0 Å². The van der Waals surface area contributed by atoms with Gasteiger partial charge in [0.1, 0.15) is 0 Å². The van der Waals surface area contributed by atoms with Gasteiger partial charge in [0.2, 0.25) is 10.0 Å². The topological polar surface area (TPSA) is 60.2 Å². The van der Waals surface area contributed by atoms with Crippen LogP contribution < -0.4 is 5.14 Å². The largest absolute Gasteiger partial charge is 0.325 e. The first-order valence-corrected chi connectivity index (χ1v) is 7.62. The number of hydrogen-bond donors (Lipinski definition) is 1. The summed E-state index contributed by atoms with van der Waals surface area (Å²) in [7, 11) is -3.35. The Hall–Kier alpha value is -0.350. The number of allylic oxidation sites excluding steroid dienone is 2. The molecule has 0 fully saturated rings. The van der Waals surface area contributed by atoms with Gasteiger partial charge in [-0.05, 0) is 19.3 Å². The molecule has 2 atom stereocenters. The predicted octanol–water partition coefficient (Wildman–Crippen LogP) is 2.39. The molecule has 0 aromatic heterocycles. The number of sulfonamides is 1. The van der Waals surface area contributed by atoms with E-state index in [-0.39, 0.29) is 5.25 Å². The highest BCUT2D eigenvalue weighted by atomic mass is 32.2. The summed E-state index contributed by atoms with van der Waals surface area (Å²) >= 11 is 0. The number of nitrogens with two attached hydrogens (primary N) is 1. The molecule has 1 aliphatic carbocycles. The molecule has 0 amide bonds. The Balaban J connectivity index is 2.59. The first-order chi connectivity index (χ1) is 7.54. The van der Waals surface area contributed by atoms with Crippen LogP contribution in [-0.2, 0) is 10.0 Å². The molecule has 3 nitrogen and oxygen atoms in total. The molecule has 16 heavy (non-hydrogen) atoms. The third kappa shape index (κ3) is 4.66. The van der Waals surface area contributed by atoms with Crippen molar-refractivity contribution < 1.29 is 8.42 Å². The van der Waals surface area contributed by atoms with Crippen molar-refractivity contribution in [2.75, 3.05) is 0 Å². The smallest absolute Gasteiger partial charge is 0.211 e. The van der Waals surface area contributed by atoms with Crippen molar-refractivity contribution in [3.8, 4) is 0 Å². The van der Waals surface area contributed by atoms with Crippen LogP contribution >= 0.6 is 0 Å². The normalized spacial score (nSPS) is 28.9. The van der Waals surface area contributed by atoms with Gasteiger partial charge in [0.15, 0.2) is 0 Å². The highest BCUT2D eigenvalue weighted by Crippen LogP contribution is 2.21. The van der Waals surface area contributed by atoms with Crippen molar-refractivity contribution >= 4 is 10.0 Å². The Morgan fingerprint density at radius 2 is 1.94 bits per heavy atom. The second-order valence-electron chi connectivity index (χ2n) is 4.50. The van der Waals surface area contributed by atoms with Crippen molar-refractivity contribution in [2.24, 2.45) is 11.1 Å². The van der Waals surface area contributed by atoms with Gasteiger partial charge in [-0.2, -0.15) is 6.92 Å². The lowest BCUT2D eigenvalue weighted by Crippen LogP contribution is -2.28. The fourth-order valence-electron chi connectivity index (χ4n) is 2.15. The van der Waals surface area contributed by atoms with Crippen LogP contribution in [-0.4, -0.2) is 13.7 Å². The van der Waals surface area contributed by atoms with Crippen LogP contribution in [0.4, 0.5) is 0 Å². The molecule has 0 spiro atoms. The second kappa shape index (κ2) is 6.40. The lowest BCUT2D eigenvalue weighted by Gasteiger charge is -2.21. The van der Waals surface area contributed by atoms with Crippen LogP contribution in [0.15, 0.2) is 12.2 Å². The summed E-state index contributed by atoms with van der Waals surface area (Å²) in [6.45, 7) is 2.08. The zero-order valence-corrected chi connectivity index (χ0v) is 10.7. The van der Waals surface area contributed by atoms with Gasteiger partial charge in [0, 0.05) is 0 Å². The van der Waals surface area contributed by atoms with E-state index in [1.807, 2.05) is 0 Å². The first-order valence-electron chi connectivity index (χ1n) is 6.02. The summed E-state index contributed by atoms with van der Waals surface area (Å²) in [6, 6.07) is 0. The minimum atomic E-state index is -3.35. The Bertz CT molecular complexity index is 322. The van der Waals surface area contributed by atoms with Crippen molar-refractivity contribution in [1.82, 2.24) is 0 Å². The summed E-state index contributed by atoms with van der Waals surface area (Å²) in [4.78, 5) is 0. The van der Waals surface area contributed by atoms with Gasteiger partial charge >= 0.3 is 0 Å². The average Bonchev–Trinajstić information content (AvgIpc) is 2.23. The van der Waals surface area contributed by atoms with Gasteiger partial charge in [-0.25, -0.2) is 13.6 Å².